The molecule has 1 aromatic heterocycles. The van der Waals surface area contributed by atoms with Gasteiger partial charge in [-0.2, -0.15) is 0 Å². The van der Waals surface area contributed by atoms with Crippen LogP contribution in [0, 0.1) is 12.8 Å². The Morgan fingerprint density at radius 3 is 2.50 bits per heavy atom. The first kappa shape index (κ1) is 26.5. The predicted octanol–water partition coefficient (Wildman–Crippen LogP) is 6.84. The molecule has 34 heavy (non-hydrogen) atoms. The van der Waals surface area contributed by atoms with Gasteiger partial charge >= 0.3 is 12.0 Å². The molecule has 1 aliphatic rings. The Morgan fingerprint density at radius 1 is 1.18 bits per heavy atom. The molecular formula is C26H37N3O3S2. The number of carboxylic acids is 1. The van der Waals surface area contributed by atoms with Crippen molar-refractivity contribution in [1.29, 1.82) is 0 Å². The molecule has 2 N–H and O–H groups in total. The molecule has 1 fully saturated rings. The second kappa shape index (κ2) is 12.1. The van der Waals surface area contributed by atoms with E-state index in [9.17, 15) is 14.7 Å². The van der Waals surface area contributed by atoms with Gasteiger partial charge < -0.3 is 10.0 Å². The minimum atomic E-state index is -0.948. The number of aromatic nitrogens is 1. The number of rotatable bonds is 10. The minimum absolute atomic E-state index is 0.0988. The van der Waals surface area contributed by atoms with E-state index in [0.717, 1.165) is 61.6 Å². The molecule has 0 aliphatic heterocycles. The van der Waals surface area contributed by atoms with Crippen molar-refractivity contribution in [2.45, 2.75) is 87.6 Å². The van der Waals surface area contributed by atoms with E-state index in [0.29, 0.717) is 5.13 Å². The maximum absolute atomic E-state index is 13.3. The fourth-order valence-corrected chi connectivity index (χ4v) is 6.46. The summed E-state index contributed by atoms with van der Waals surface area (Å²) in [6.07, 6.45) is 9.04. The number of thiazole rings is 1. The molecule has 0 atom stereocenters. The number of aryl methyl sites for hydroxylation is 2. The Kier molecular flexibility index (Phi) is 9.42. The molecule has 2 aromatic rings. The van der Waals surface area contributed by atoms with Crippen LogP contribution >= 0.6 is 23.1 Å². The minimum Gasteiger partial charge on any atom is -0.480 e. The van der Waals surface area contributed by atoms with Crippen molar-refractivity contribution < 1.29 is 14.7 Å². The number of hydrogen-bond acceptors (Lipinski definition) is 5. The number of unbranched alkanes of at least 4 members (excludes halogenated alkanes) is 1. The highest BCUT2D eigenvalue weighted by Gasteiger charge is 2.30. The summed E-state index contributed by atoms with van der Waals surface area (Å²) in [5, 5.41) is 12.9. The van der Waals surface area contributed by atoms with Crippen molar-refractivity contribution in [2.75, 3.05) is 11.9 Å². The zero-order valence-corrected chi connectivity index (χ0v) is 22.3. The Balaban J connectivity index is 1.59. The number of amides is 2. The summed E-state index contributed by atoms with van der Waals surface area (Å²) in [4.78, 5) is 31.0. The third kappa shape index (κ3) is 7.73. The van der Waals surface area contributed by atoms with E-state index in [4.69, 9.17) is 0 Å². The van der Waals surface area contributed by atoms with E-state index in [2.05, 4.69) is 48.4 Å². The number of benzene rings is 1. The highest BCUT2D eigenvalue weighted by Crippen LogP contribution is 2.37. The Labute approximate surface area is 211 Å². The van der Waals surface area contributed by atoms with Crippen LogP contribution in [0.4, 0.5) is 9.93 Å². The monoisotopic (exact) mass is 503 g/mol. The Bertz CT molecular complexity index is 950. The van der Waals surface area contributed by atoms with Crippen LogP contribution in [0.1, 0.15) is 70.4 Å². The standard InChI is InChI=1S/C26H37N3O3S2/c1-18-8-12-20(13-9-18)7-5-6-16-29(21-14-10-19(2)11-15-21)25(32)28-24-27-17-22(33-24)34-26(3,4)23(30)31/h8-9,12-13,17,19,21H,5-7,10-11,14-16H2,1-4H3,(H,30,31)(H,27,28,32)/t19-,21-. The van der Waals surface area contributed by atoms with Gasteiger partial charge in [-0.1, -0.05) is 59.9 Å². The van der Waals surface area contributed by atoms with Gasteiger partial charge in [0.05, 0.1) is 10.4 Å². The molecule has 186 valence electrons. The number of thioether (sulfide) groups is 1. The van der Waals surface area contributed by atoms with Gasteiger partial charge in [-0.15, -0.1) is 0 Å². The van der Waals surface area contributed by atoms with E-state index < -0.39 is 10.7 Å². The molecule has 8 heteroatoms. The Hall–Kier alpha value is -2.06. The topological polar surface area (TPSA) is 82.5 Å². The third-order valence-corrected chi connectivity index (χ3v) is 8.69. The highest BCUT2D eigenvalue weighted by molar-refractivity contribution is 8.03. The van der Waals surface area contributed by atoms with Gasteiger partial charge in [0.1, 0.15) is 4.75 Å². The molecule has 1 saturated carbocycles. The lowest BCUT2D eigenvalue weighted by molar-refractivity contribution is -0.138. The van der Waals surface area contributed by atoms with E-state index in [-0.39, 0.29) is 12.1 Å². The van der Waals surface area contributed by atoms with Gasteiger partial charge in [-0.25, -0.2) is 9.78 Å². The summed E-state index contributed by atoms with van der Waals surface area (Å²) in [6.45, 7) is 8.45. The molecule has 1 heterocycles. The molecule has 1 aromatic carbocycles. The number of anilines is 1. The van der Waals surface area contributed by atoms with Crippen molar-refractivity contribution in [3.63, 3.8) is 0 Å². The largest absolute Gasteiger partial charge is 0.480 e. The van der Waals surface area contributed by atoms with E-state index in [1.165, 1.54) is 34.2 Å². The summed E-state index contributed by atoms with van der Waals surface area (Å²) >= 11 is 2.57. The Morgan fingerprint density at radius 2 is 1.85 bits per heavy atom. The lowest BCUT2D eigenvalue weighted by atomic mass is 9.86. The summed E-state index contributed by atoms with van der Waals surface area (Å²) in [7, 11) is 0. The van der Waals surface area contributed by atoms with Crippen molar-refractivity contribution in [3.05, 3.63) is 41.6 Å². The summed E-state index contributed by atoms with van der Waals surface area (Å²) in [6, 6.07) is 8.83. The number of carbonyl (C=O) groups excluding carboxylic acids is 1. The third-order valence-electron chi connectivity index (χ3n) is 6.49. The van der Waals surface area contributed by atoms with Gasteiger partial charge in [-0.3, -0.25) is 10.1 Å². The van der Waals surface area contributed by atoms with Crippen LogP contribution < -0.4 is 5.32 Å². The summed E-state index contributed by atoms with van der Waals surface area (Å²) in [5.41, 5.74) is 2.61. The van der Waals surface area contributed by atoms with Gasteiger partial charge in [0.25, 0.3) is 0 Å². The number of carboxylic acid groups (broad SMARTS) is 1. The van der Waals surface area contributed by atoms with Crippen LogP contribution in [-0.4, -0.2) is 44.3 Å². The van der Waals surface area contributed by atoms with Gasteiger partial charge in [0.15, 0.2) is 5.13 Å². The normalized spacial score (nSPS) is 18.5. The van der Waals surface area contributed by atoms with E-state index in [1.807, 2.05) is 4.90 Å². The number of nitrogens with zero attached hydrogens (tertiary/aromatic N) is 2. The SMILES string of the molecule is Cc1ccc(CCCCN(C(=O)Nc2ncc(SC(C)(C)C(=O)O)s2)[C@H]2CC[C@H](C)CC2)cc1. The first-order chi connectivity index (χ1) is 16.1. The second-order valence-corrected chi connectivity index (χ2v) is 12.8. The maximum atomic E-state index is 13.3. The predicted molar refractivity (Wildman–Crippen MR) is 141 cm³/mol. The number of carbonyl (C=O) groups is 2. The fourth-order valence-electron chi connectivity index (χ4n) is 4.19. The van der Waals surface area contributed by atoms with Crippen molar-refractivity contribution in [2.24, 2.45) is 5.92 Å². The zero-order chi connectivity index (χ0) is 24.7. The lowest BCUT2D eigenvalue weighted by Crippen LogP contribution is -2.45. The van der Waals surface area contributed by atoms with Crippen molar-refractivity contribution in [1.82, 2.24) is 9.88 Å². The molecule has 6 nitrogen and oxygen atoms in total. The maximum Gasteiger partial charge on any atom is 0.323 e. The molecular weight excluding hydrogens is 466 g/mol. The van der Waals surface area contributed by atoms with E-state index >= 15 is 0 Å². The van der Waals surface area contributed by atoms with Crippen LogP contribution in [0.2, 0.25) is 0 Å². The summed E-state index contributed by atoms with van der Waals surface area (Å²) < 4.78 is -0.172. The van der Waals surface area contributed by atoms with E-state index in [1.54, 1.807) is 20.0 Å². The average molecular weight is 504 g/mol. The number of hydrogen-bond donors (Lipinski definition) is 2. The molecule has 0 unspecified atom stereocenters. The van der Waals surface area contributed by atoms with Crippen molar-refractivity contribution in [3.8, 4) is 0 Å². The van der Waals surface area contributed by atoms with Crippen LogP contribution in [-0.2, 0) is 11.2 Å². The highest BCUT2D eigenvalue weighted by atomic mass is 32.2. The number of nitrogens with one attached hydrogen (secondary N) is 1. The fraction of sp³-hybridized carbons (Fsp3) is 0.577. The molecule has 0 saturated heterocycles. The first-order valence-corrected chi connectivity index (χ1v) is 13.8. The zero-order valence-electron chi connectivity index (χ0n) is 20.7. The number of urea groups is 1. The molecule has 0 radical (unpaired) electrons. The van der Waals surface area contributed by atoms with Crippen LogP contribution in [0.15, 0.2) is 34.7 Å². The smallest absolute Gasteiger partial charge is 0.323 e. The van der Waals surface area contributed by atoms with Crippen LogP contribution in [0.25, 0.3) is 0 Å². The van der Waals surface area contributed by atoms with Gasteiger partial charge in [0, 0.05) is 12.6 Å². The quantitative estimate of drug-likeness (QED) is 0.274. The first-order valence-electron chi connectivity index (χ1n) is 12.2. The summed E-state index contributed by atoms with van der Waals surface area (Å²) in [5.74, 6) is -0.154. The van der Waals surface area contributed by atoms with Crippen LogP contribution in [0.3, 0.4) is 0 Å². The van der Waals surface area contributed by atoms with Gasteiger partial charge in [0.2, 0.25) is 0 Å². The average Bonchev–Trinajstić information content (AvgIpc) is 3.21. The molecule has 0 bridgehead atoms. The molecule has 2 amide bonds. The van der Waals surface area contributed by atoms with Crippen LogP contribution in [0.5, 0.6) is 0 Å². The number of aliphatic carboxylic acids is 1. The lowest BCUT2D eigenvalue weighted by Gasteiger charge is -2.36. The second-order valence-electron chi connectivity index (χ2n) is 9.88. The molecule has 1 aliphatic carbocycles. The molecule has 0 spiro atoms. The van der Waals surface area contributed by atoms with Crippen molar-refractivity contribution >= 4 is 40.2 Å². The molecule has 3 rings (SSSR count). The van der Waals surface area contributed by atoms with Gasteiger partial charge in [-0.05, 0) is 77.2 Å².